The highest BCUT2D eigenvalue weighted by Gasteiger charge is 2.25. The van der Waals surface area contributed by atoms with Crippen LogP contribution in [0.25, 0.3) is 0 Å². The van der Waals surface area contributed by atoms with Gasteiger partial charge in [0.05, 0.1) is 0 Å². The molecule has 2 atom stereocenters. The highest BCUT2D eigenvalue weighted by molar-refractivity contribution is 5.81. The van der Waals surface area contributed by atoms with E-state index in [4.69, 9.17) is 18.9 Å². The van der Waals surface area contributed by atoms with Gasteiger partial charge < -0.3 is 29.2 Å². The Labute approximate surface area is 211 Å². The summed E-state index contributed by atoms with van der Waals surface area (Å²) >= 11 is 0. The standard InChI is InChI=1S/C28H34O8/c1-6-26(31)35-17-21(29)15-33-23-10-8-20(9-11-23)28(4,5)25-13-12-24(14-19(25)3)34-16-22(30)18-36-27(32)7-2/h6-14,21-22,29-30H,1-2,15-18H2,3-5H3. The van der Waals surface area contributed by atoms with Gasteiger partial charge in [0.25, 0.3) is 0 Å². The number of carbonyl (C=O) groups is 2. The Kier molecular flexibility index (Phi) is 10.7. The molecule has 0 amide bonds. The lowest BCUT2D eigenvalue weighted by molar-refractivity contribution is -0.142. The van der Waals surface area contributed by atoms with Crippen LogP contribution in [-0.4, -0.2) is 60.8 Å². The van der Waals surface area contributed by atoms with E-state index in [0.717, 1.165) is 28.8 Å². The monoisotopic (exact) mass is 498 g/mol. The van der Waals surface area contributed by atoms with Gasteiger partial charge in [-0.1, -0.05) is 45.2 Å². The largest absolute Gasteiger partial charge is 0.491 e. The van der Waals surface area contributed by atoms with Crippen LogP contribution < -0.4 is 9.47 Å². The molecule has 8 nitrogen and oxygen atoms in total. The maximum atomic E-state index is 11.1. The minimum atomic E-state index is -0.950. The molecule has 2 rings (SSSR count). The number of aliphatic hydroxyl groups is 2. The first-order valence-corrected chi connectivity index (χ1v) is 11.5. The number of rotatable bonds is 14. The Balaban J connectivity index is 1.96. The van der Waals surface area contributed by atoms with Crippen LogP contribution in [0.2, 0.25) is 0 Å². The summed E-state index contributed by atoms with van der Waals surface area (Å²) < 4.78 is 20.8. The Hall–Kier alpha value is -3.62. The van der Waals surface area contributed by atoms with Gasteiger partial charge in [0, 0.05) is 17.6 Å². The van der Waals surface area contributed by atoms with Gasteiger partial charge in [-0.05, 0) is 47.9 Å². The quantitative estimate of drug-likeness (QED) is 0.302. The summed E-state index contributed by atoms with van der Waals surface area (Å²) in [7, 11) is 0. The number of hydrogen-bond donors (Lipinski definition) is 2. The molecule has 0 aromatic heterocycles. The predicted molar refractivity (Wildman–Crippen MR) is 135 cm³/mol. The number of hydrogen-bond acceptors (Lipinski definition) is 8. The van der Waals surface area contributed by atoms with Crippen LogP contribution in [0, 0.1) is 6.92 Å². The molecule has 0 aliphatic carbocycles. The van der Waals surface area contributed by atoms with Gasteiger partial charge in [-0.2, -0.15) is 0 Å². The summed E-state index contributed by atoms with van der Waals surface area (Å²) in [5.74, 6) is -0.0106. The first-order chi connectivity index (χ1) is 17.1. The Bertz CT molecular complexity index is 1040. The molecule has 0 fully saturated rings. The van der Waals surface area contributed by atoms with E-state index in [9.17, 15) is 19.8 Å². The second kappa shape index (κ2) is 13.5. The van der Waals surface area contributed by atoms with Crippen molar-refractivity contribution in [1.82, 2.24) is 0 Å². The highest BCUT2D eigenvalue weighted by Crippen LogP contribution is 2.35. The van der Waals surface area contributed by atoms with E-state index in [1.165, 1.54) is 0 Å². The maximum absolute atomic E-state index is 11.1. The van der Waals surface area contributed by atoms with Crippen LogP contribution in [0.5, 0.6) is 11.5 Å². The number of aliphatic hydroxyl groups excluding tert-OH is 2. The summed E-state index contributed by atoms with van der Waals surface area (Å²) in [5, 5.41) is 19.8. The molecule has 0 aliphatic rings. The Morgan fingerprint density at radius 2 is 1.31 bits per heavy atom. The topological polar surface area (TPSA) is 112 Å². The fourth-order valence-corrected chi connectivity index (χ4v) is 3.51. The summed E-state index contributed by atoms with van der Waals surface area (Å²) in [6.07, 6.45) is 0.174. The zero-order valence-corrected chi connectivity index (χ0v) is 20.9. The Morgan fingerprint density at radius 1 is 0.833 bits per heavy atom. The zero-order chi connectivity index (χ0) is 26.7. The number of aryl methyl sites for hydroxylation is 1. The molecular weight excluding hydrogens is 464 g/mol. The van der Waals surface area contributed by atoms with Crippen molar-refractivity contribution in [2.24, 2.45) is 0 Å². The number of carbonyl (C=O) groups excluding carboxylic acids is 2. The maximum Gasteiger partial charge on any atom is 0.330 e. The number of esters is 2. The minimum Gasteiger partial charge on any atom is -0.491 e. The van der Waals surface area contributed by atoms with Gasteiger partial charge in [0.15, 0.2) is 0 Å². The first kappa shape index (κ1) is 28.6. The van der Waals surface area contributed by atoms with Crippen molar-refractivity contribution in [3.05, 3.63) is 84.5 Å². The van der Waals surface area contributed by atoms with Gasteiger partial charge in [0.1, 0.15) is 50.1 Å². The van der Waals surface area contributed by atoms with Crippen molar-refractivity contribution in [2.75, 3.05) is 26.4 Å². The summed E-state index contributed by atoms with van der Waals surface area (Å²) in [6, 6.07) is 13.3. The van der Waals surface area contributed by atoms with E-state index in [1.807, 2.05) is 49.4 Å². The number of benzene rings is 2. The molecule has 0 aliphatic heterocycles. The van der Waals surface area contributed by atoms with Crippen LogP contribution in [0.4, 0.5) is 0 Å². The van der Waals surface area contributed by atoms with Gasteiger partial charge in [0.2, 0.25) is 0 Å². The second-order valence-corrected chi connectivity index (χ2v) is 8.72. The van der Waals surface area contributed by atoms with Crippen molar-refractivity contribution in [3.63, 3.8) is 0 Å². The van der Waals surface area contributed by atoms with Crippen LogP contribution >= 0.6 is 0 Å². The zero-order valence-electron chi connectivity index (χ0n) is 20.9. The fourth-order valence-electron chi connectivity index (χ4n) is 3.51. The summed E-state index contributed by atoms with van der Waals surface area (Å²) in [6.45, 7) is 12.5. The Morgan fingerprint density at radius 3 is 1.78 bits per heavy atom. The second-order valence-electron chi connectivity index (χ2n) is 8.72. The van der Waals surface area contributed by atoms with E-state index in [0.29, 0.717) is 11.5 Å². The SMILES string of the molecule is C=CC(=O)OCC(O)COc1ccc(C(C)(C)c2ccc(OCC(O)COC(=O)C=C)cc2C)cc1. The van der Waals surface area contributed by atoms with E-state index in [-0.39, 0.29) is 31.8 Å². The van der Waals surface area contributed by atoms with Crippen molar-refractivity contribution >= 4 is 11.9 Å². The number of ether oxygens (including phenoxy) is 4. The highest BCUT2D eigenvalue weighted by atomic mass is 16.6. The molecule has 0 saturated carbocycles. The van der Waals surface area contributed by atoms with E-state index in [2.05, 4.69) is 27.0 Å². The van der Waals surface area contributed by atoms with Gasteiger partial charge in [-0.3, -0.25) is 0 Å². The van der Waals surface area contributed by atoms with Crippen LogP contribution in [0.1, 0.15) is 30.5 Å². The normalized spacial score (nSPS) is 12.7. The molecule has 0 spiro atoms. The molecule has 2 unspecified atom stereocenters. The van der Waals surface area contributed by atoms with Crippen molar-refractivity contribution < 1.29 is 38.7 Å². The van der Waals surface area contributed by atoms with Crippen molar-refractivity contribution in [1.29, 1.82) is 0 Å². The molecule has 0 bridgehead atoms. The molecule has 8 heteroatoms. The third-order valence-electron chi connectivity index (χ3n) is 5.50. The van der Waals surface area contributed by atoms with Crippen molar-refractivity contribution in [2.45, 2.75) is 38.4 Å². The lowest BCUT2D eigenvalue weighted by atomic mass is 9.76. The van der Waals surface area contributed by atoms with Crippen LogP contribution in [-0.2, 0) is 24.5 Å². The minimum absolute atomic E-state index is 0.0144. The lowest BCUT2D eigenvalue weighted by Gasteiger charge is -2.28. The van der Waals surface area contributed by atoms with Gasteiger partial charge >= 0.3 is 11.9 Å². The molecule has 2 N–H and O–H groups in total. The lowest BCUT2D eigenvalue weighted by Crippen LogP contribution is -2.25. The molecule has 36 heavy (non-hydrogen) atoms. The molecule has 0 radical (unpaired) electrons. The smallest absolute Gasteiger partial charge is 0.330 e. The van der Waals surface area contributed by atoms with Crippen LogP contribution in [0.3, 0.4) is 0 Å². The third kappa shape index (κ3) is 8.55. The molecule has 2 aromatic rings. The third-order valence-corrected chi connectivity index (χ3v) is 5.50. The van der Waals surface area contributed by atoms with Gasteiger partial charge in [-0.15, -0.1) is 0 Å². The van der Waals surface area contributed by atoms with E-state index in [1.54, 1.807) is 0 Å². The van der Waals surface area contributed by atoms with Crippen molar-refractivity contribution in [3.8, 4) is 11.5 Å². The molecular formula is C28H34O8. The van der Waals surface area contributed by atoms with Crippen LogP contribution in [0.15, 0.2) is 67.8 Å². The van der Waals surface area contributed by atoms with E-state index >= 15 is 0 Å². The molecule has 0 heterocycles. The van der Waals surface area contributed by atoms with Gasteiger partial charge in [-0.25, -0.2) is 9.59 Å². The average molecular weight is 499 g/mol. The molecule has 2 aromatic carbocycles. The van der Waals surface area contributed by atoms with E-state index < -0.39 is 24.1 Å². The summed E-state index contributed by atoms with van der Waals surface area (Å²) in [4.78, 5) is 22.2. The summed E-state index contributed by atoms with van der Waals surface area (Å²) in [5.41, 5.74) is 2.86. The molecule has 194 valence electrons. The fraction of sp³-hybridized carbons (Fsp3) is 0.357. The molecule has 0 saturated heterocycles. The first-order valence-electron chi connectivity index (χ1n) is 11.5. The average Bonchev–Trinajstić information content (AvgIpc) is 2.87. The predicted octanol–water partition coefficient (Wildman–Crippen LogP) is 3.26.